The van der Waals surface area contributed by atoms with Crippen molar-refractivity contribution in [3.8, 4) is 11.3 Å². The third-order valence-electron chi connectivity index (χ3n) is 3.21. The monoisotopic (exact) mass is 273 g/mol. The summed E-state index contributed by atoms with van der Waals surface area (Å²) in [6.45, 7) is 0.361. The maximum Gasteiger partial charge on any atom is 0.227 e. The number of carbonyl (C=O) groups is 1. The van der Waals surface area contributed by atoms with Crippen LogP contribution in [0.4, 0.5) is 5.13 Å². The third-order valence-corrected chi connectivity index (χ3v) is 4.24. The van der Waals surface area contributed by atoms with Crippen molar-refractivity contribution >= 4 is 22.4 Å². The van der Waals surface area contributed by atoms with E-state index in [1.54, 1.807) is 11.3 Å². The lowest BCUT2D eigenvalue weighted by Crippen LogP contribution is -2.15. The number of nitrogens with one attached hydrogen (secondary N) is 1. The first-order valence-corrected chi connectivity index (χ1v) is 7.17. The topological polar surface area (TPSA) is 68.0 Å². The van der Waals surface area contributed by atoms with Crippen molar-refractivity contribution < 1.29 is 4.79 Å². The molecule has 0 saturated heterocycles. The molecule has 0 saturated carbocycles. The molecule has 0 spiro atoms. The minimum absolute atomic E-state index is 0.0677. The van der Waals surface area contributed by atoms with E-state index >= 15 is 0 Å². The van der Waals surface area contributed by atoms with E-state index in [4.69, 9.17) is 5.73 Å². The van der Waals surface area contributed by atoms with Gasteiger partial charge in [0.05, 0.1) is 5.69 Å². The Morgan fingerprint density at radius 1 is 1.37 bits per heavy atom. The van der Waals surface area contributed by atoms with Crippen LogP contribution in [0.1, 0.15) is 16.9 Å². The van der Waals surface area contributed by atoms with Gasteiger partial charge in [-0.15, -0.1) is 11.3 Å². The van der Waals surface area contributed by atoms with Crippen LogP contribution in [0, 0.1) is 0 Å². The number of nitrogens with zero attached hydrogens (tertiary/aromatic N) is 1. The maximum absolute atomic E-state index is 11.5. The highest BCUT2D eigenvalue weighted by Gasteiger charge is 2.20. The number of hydrogen-bond donors (Lipinski definition) is 2. The standard InChI is InChI=1S/C14H15N3OS/c15-8-7-12(18)16-14-17-13-10-4-2-1-3-9(10)5-6-11(13)19-14/h1-4H,5-8,15H2,(H,16,17,18). The van der Waals surface area contributed by atoms with Gasteiger partial charge in [0.2, 0.25) is 5.91 Å². The first kappa shape index (κ1) is 12.3. The summed E-state index contributed by atoms with van der Waals surface area (Å²) >= 11 is 1.57. The highest BCUT2D eigenvalue weighted by atomic mass is 32.1. The molecule has 2 aromatic rings. The molecular formula is C14H15N3OS. The Bertz CT molecular complexity index is 621. The average molecular weight is 273 g/mol. The number of aromatic nitrogens is 1. The number of hydrogen-bond acceptors (Lipinski definition) is 4. The highest BCUT2D eigenvalue weighted by molar-refractivity contribution is 7.16. The second-order valence-corrected chi connectivity index (χ2v) is 5.62. The van der Waals surface area contributed by atoms with Gasteiger partial charge in [0.25, 0.3) is 0 Å². The molecule has 0 atom stereocenters. The van der Waals surface area contributed by atoms with Crippen molar-refractivity contribution in [1.82, 2.24) is 4.98 Å². The van der Waals surface area contributed by atoms with Crippen LogP contribution in [-0.2, 0) is 17.6 Å². The molecular weight excluding hydrogens is 258 g/mol. The molecule has 3 rings (SSSR count). The molecule has 1 aromatic heterocycles. The first-order chi connectivity index (χ1) is 9.28. The second-order valence-electron chi connectivity index (χ2n) is 4.53. The van der Waals surface area contributed by atoms with Crippen LogP contribution in [0.2, 0.25) is 0 Å². The zero-order valence-electron chi connectivity index (χ0n) is 10.5. The number of nitrogens with two attached hydrogens (primary N) is 1. The molecule has 0 unspecified atom stereocenters. The predicted molar refractivity (Wildman–Crippen MR) is 77.3 cm³/mol. The van der Waals surface area contributed by atoms with Crippen molar-refractivity contribution in [2.75, 3.05) is 11.9 Å². The largest absolute Gasteiger partial charge is 0.330 e. The molecule has 3 N–H and O–H groups in total. The molecule has 0 bridgehead atoms. The SMILES string of the molecule is NCCC(=O)Nc1nc2c(s1)CCc1ccccc1-2. The van der Waals surface area contributed by atoms with Crippen molar-refractivity contribution in [3.63, 3.8) is 0 Å². The van der Waals surface area contributed by atoms with E-state index in [2.05, 4.69) is 28.5 Å². The Morgan fingerprint density at radius 2 is 2.21 bits per heavy atom. The van der Waals surface area contributed by atoms with E-state index in [1.165, 1.54) is 16.0 Å². The maximum atomic E-state index is 11.5. The zero-order valence-corrected chi connectivity index (χ0v) is 11.3. The van der Waals surface area contributed by atoms with Gasteiger partial charge < -0.3 is 11.1 Å². The smallest absolute Gasteiger partial charge is 0.227 e. The molecule has 0 fully saturated rings. The van der Waals surface area contributed by atoms with Crippen molar-refractivity contribution in [3.05, 3.63) is 34.7 Å². The summed E-state index contributed by atoms with van der Waals surface area (Å²) in [4.78, 5) is 17.4. The lowest BCUT2D eigenvalue weighted by molar-refractivity contribution is -0.116. The van der Waals surface area contributed by atoms with Gasteiger partial charge >= 0.3 is 0 Å². The second kappa shape index (κ2) is 5.11. The Hall–Kier alpha value is -1.72. The molecule has 1 amide bonds. The molecule has 1 aromatic carbocycles. The van der Waals surface area contributed by atoms with Gasteiger partial charge in [-0.3, -0.25) is 4.79 Å². The van der Waals surface area contributed by atoms with Crippen molar-refractivity contribution in [1.29, 1.82) is 0 Å². The molecule has 98 valence electrons. The van der Waals surface area contributed by atoms with Crippen LogP contribution in [-0.4, -0.2) is 17.4 Å². The number of benzene rings is 1. The molecule has 4 nitrogen and oxygen atoms in total. The fourth-order valence-electron chi connectivity index (χ4n) is 2.32. The van der Waals surface area contributed by atoms with E-state index < -0.39 is 0 Å². The molecule has 1 aliphatic rings. The van der Waals surface area contributed by atoms with Gasteiger partial charge in [-0.05, 0) is 18.4 Å². The van der Waals surface area contributed by atoms with Gasteiger partial charge in [0.1, 0.15) is 0 Å². The lowest BCUT2D eigenvalue weighted by Gasteiger charge is -2.13. The Morgan fingerprint density at radius 3 is 3.05 bits per heavy atom. The van der Waals surface area contributed by atoms with E-state index in [0.29, 0.717) is 18.1 Å². The van der Waals surface area contributed by atoms with Crippen LogP contribution in [0.5, 0.6) is 0 Å². The summed E-state index contributed by atoms with van der Waals surface area (Å²) in [5.74, 6) is -0.0677. The van der Waals surface area contributed by atoms with Crippen LogP contribution >= 0.6 is 11.3 Å². The van der Waals surface area contributed by atoms with E-state index in [1.807, 2.05) is 6.07 Å². The minimum atomic E-state index is -0.0677. The summed E-state index contributed by atoms with van der Waals surface area (Å²) in [6.07, 6.45) is 2.37. The number of anilines is 1. The number of carbonyl (C=O) groups excluding carboxylic acids is 1. The van der Waals surface area contributed by atoms with Crippen molar-refractivity contribution in [2.24, 2.45) is 5.73 Å². The molecule has 5 heteroatoms. The van der Waals surface area contributed by atoms with Gasteiger partial charge in [-0.25, -0.2) is 4.98 Å². The Balaban J connectivity index is 1.90. The highest BCUT2D eigenvalue weighted by Crippen LogP contribution is 2.37. The summed E-state index contributed by atoms with van der Waals surface area (Å²) in [7, 11) is 0. The number of amides is 1. The Kier molecular flexibility index (Phi) is 3.31. The molecule has 1 heterocycles. The van der Waals surface area contributed by atoms with Crippen molar-refractivity contribution in [2.45, 2.75) is 19.3 Å². The minimum Gasteiger partial charge on any atom is -0.330 e. The van der Waals surface area contributed by atoms with Gasteiger partial charge in [-0.1, -0.05) is 24.3 Å². The number of rotatable bonds is 3. The normalized spacial score (nSPS) is 12.7. The van der Waals surface area contributed by atoms with Gasteiger partial charge in [0, 0.05) is 23.4 Å². The van der Waals surface area contributed by atoms with E-state index in [-0.39, 0.29) is 5.91 Å². The molecule has 0 aliphatic heterocycles. The number of fused-ring (bicyclic) bond motifs is 3. The molecule has 19 heavy (non-hydrogen) atoms. The fraction of sp³-hybridized carbons (Fsp3) is 0.286. The molecule has 1 aliphatic carbocycles. The summed E-state index contributed by atoms with van der Waals surface area (Å²) in [5, 5.41) is 3.50. The lowest BCUT2D eigenvalue weighted by atomic mass is 9.94. The van der Waals surface area contributed by atoms with E-state index in [9.17, 15) is 4.79 Å². The third kappa shape index (κ3) is 2.39. The van der Waals surface area contributed by atoms with Crippen LogP contribution in [0.15, 0.2) is 24.3 Å². The summed E-state index contributed by atoms with van der Waals surface area (Å²) < 4.78 is 0. The van der Waals surface area contributed by atoms with Gasteiger partial charge in [-0.2, -0.15) is 0 Å². The van der Waals surface area contributed by atoms with Crippen LogP contribution in [0.25, 0.3) is 11.3 Å². The zero-order chi connectivity index (χ0) is 13.2. The predicted octanol–water partition coefficient (Wildman–Crippen LogP) is 2.20. The number of aryl methyl sites for hydroxylation is 2. The number of thiazole rings is 1. The quantitative estimate of drug-likeness (QED) is 0.900. The van der Waals surface area contributed by atoms with Crippen LogP contribution in [0.3, 0.4) is 0 Å². The summed E-state index contributed by atoms with van der Waals surface area (Å²) in [5.41, 5.74) is 8.92. The Labute approximate surface area is 115 Å². The van der Waals surface area contributed by atoms with Gasteiger partial charge in [0.15, 0.2) is 5.13 Å². The fourth-order valence-corrected chi connectivity index (χ4v) is 3.31. The first-order valence-electron chi connectivity index (χ1n) is 6.36. The summed E-state index contributed by atoms with van der Waals surface area (Å²) in [6, 6.07) is 8.32. The molecule has 0 radical (unpaired) electrons. The average Bonchev–Trinajstić information content (AvgIpc) is 2.81. The van der Waals surface area contributed by atoms with Crippen LogP contribution < -0.4 is 11.1 Å². The van der Waals surface area contributed by atoms with E-state index in [0.717, 1.165) is 18.5 Å².